The van der Waals surface area contributed by atoms with E-state index in [0.717, 1.165) is 6.42 Å². The minimum Gasteiger partial charge on any atom is -0.407 e. The molecule has 0 amide bonds. The van der Waals surface area contributed by atoms with Crippen LogP contribution in [0.3, 0.4) is 0 Å². The molecule has 0 fully saturated rings. The Balaban J connectivity index is 2.12. The summed E-state index contributed by atoms with van der Waals surface area (Å²) in [4.78, 5) is 12.2. The number of rotatable bonds is 5. The van der Waals surface area contributed by atoms with Crippen molar-refractivity contribution in [1.82, 2.24) is 9.78 Å². The smallest absolute Gasteiger partial charge is 0.312 e. The fourth-order valence-corrected chi connectivity index (χ4v) is 2.90. The van der Waals surface area contributed by atoms with Gasteiger partial charge in [0, 0.05) is 12.5 Å². The van der Waals surface area contributed by atoms with Crippen LogP contribution in [0.5, 0.6) is 5.88 Å². The van der Waals surface area contributed by atoms with E-state index in [9.17, 15) is 9.18 Å². The van der Waals surface area contributed by atoms with Crippen LogP contribution in [0.15, 0.2) is 30.3 Å². The number of halogens is 1. The maximum atomic E-state index is 13.4. The second-order valence-corrected chi connectivity index (χ2v) is 7.56. The number of nitrogens with zero attached hydrogens (tertiary/aromatic N) is 2. The third kappa shape index (κ3) is 5.18. The summed E-state index contributed by atoms with van der Waals surface area (Å²) in [6, 6.07) is 7.71. The second kappa shape index (κ2) is 7.16. The number of aryl methyl sites for hydroxylation is 1. The molecular formula is C19H25FN2O2. The maximum absolute atomic E-state index is 13.4. The van der Waals surface area contributed by atoms with E-state index in [1.807, 2.05) is 6.92 Å². The third-order valence-corrected chi connectivity index (χ3v) is 3.55. The van der Waals surface area contributed by atoms with Crippen molar-refractivity contribution >= 4 is 5.97 Å². The number of ether oxygens (including phenoxy) is 1. The molecule has 1 atom stereocenters. The van der Waals surface area contributed by atoms with Crippen molar-refractivity contribution in [3.63, 3.8) is 0 Å². The van der Waals surface area contributed by atoms with E-state index in [2.05, 4.69) is 25.9 Å². The Hall–Kier alpha value is -2.17. The molecular weight excluding hydrogens is 307 g/mol. The maximum Gasteiger partial charge on any atom is 0.312 e. The molecule has 0 aliphatic rings. The lowest BCUT2D eigenvalue weighted by Gasteiger charge is -2.22. The van der Waals surface area contributed by atoms with Crippen LogP contribution >= 0.6 is 0 Å². The van der Waals surface area contributed by atoms with E-state index in [1.54, 1.807) is 25.1 Å². The van der Waals surface area contributed by atoms with Crippen LogP contribution in [0.25, 0.3) is 5.69 Å². The highest BCUT2D eigenvalue weighted by atomic mass is 19.1. The van der Waals surface area contributed by atoms with E-state index in [-0.39, 0.29) is 23.1 Å². The Morgan fingerprint density at radius 1 is 1.33 bits per heavy atom. The van der Waals surface area contributed by atoms with E-state index in [1.165, 1.54) is 16.8 Å². The molecule has 1 unspecified atom stereocenters. The van der Waals surface area contributed by atoms with Crippen LogP contribution in [0.2, 0.25) is 0 Å². The van der Waals surface area contributed by atoms with Gasteiger partial charge in [0.25, 0.3) is 0 Å². The molecule has 1 aromatic heterocycles. The summed E-state index contributed by atoms with van der Waals surface area (Å²) >= 11 is 0. The Morgan fingerprint density at radius 3 is 2.67 bits per heavy atom. The van der Waals surface area contributed by atoms with Crippen molar-refractivity contribution in [1.29, 1.82) is 0 Å². The zero-order valence-electron chi connectivity index (χ0n) is 15.0. The number of carbonyl (C=O) groups is 1. The topological polar surface area (TPSA) is 44.1 Å². The van der Waals surface area contributed by atoms with Gasteiger partial charge < -0.3 is 4.74 Å². The summed E-state index contributed by atoms with van der Waals surface area (Å²) in [5.41, 5.74) is 1.39. The lowest BCUT2D eigenvalue weighted by molar-refractivity contribution is -0.135. The van der Waals surface area contributed by atoms with Crippen molar-refractivity contribution in [2.75, 3.05) is 0 Å². The molecule has 1 aromatic carbocycles. The molecule has 0 saturated heterocycles. The van der Waals surface area contributed by atoms with Gasteiger partial charge in [-0.05, 0) is 42.9 Å². The number of esters is 1. The van der Waals surface area contributed by atoms with Crippen LogP contribution in [0.1, 0.15) is 46.2 Å². The molecule has 0 aliphatic heterocycles. The predicted octanol–water partition coefficient (Wildman–Crippen LogP) is 4.69. The Bertz CT molecular complexity index is 716. The largest absolute Gasteiger partial charge is 0.407 e. The molecule has 1 heterocycles. The first-order valence-corrected chi connectivity index (χ1v) is 8.17. The molecule has 4 nitrogen and oxygen atoms in total. The summed E-state index contributed by atoms with van der Waals surface area (Å²) in [7, 11) is 0. The number of hydrogen-bond donors (Lipinski definition) is 0. The number of carbonyl (C=O) groups excluding carboxylic acids is 1. The highest BCUT2D eigenvalue weighted by molar-refractivity contribution is 5.72. The van der Waals surface area contributed by atoms with Crippen molar-refractivity contribution in [3.05, 3.63) is 41.8 Å². The quantitative estimate of drug-likeness (QED) is 0.746. The summed E-state index contributed by atoms with van der Waals surface area (Å²) in [5.74, 6) is -0.128. The average molecular weight is 332 g/mol. The van der Waals surface area contributed by atoms with Crippen LogP contribution in [0.4, 0.5) is 4.39 Å². The summed E-state index contributed by atoms with van der Waals surface area (Å²) in [6.07, 6.45) is 1.27. The van der Waals surface area contributed by atoms with Gasteiger partial charge in [-0.15, -0.1) is 0 Å². The minimum absolute atomic E-state index is 0.166. The average Bonchev–Trinajstić information content (AvgIpc) is 2.76. The van der Waals surface area contributed by atoms with Gasteiger partial charge in [0.05, 0.1) is 11.4 Å². The second-order valence-electron chi connectivity index (χ2n) is 7.56. The van der Waals surface area contributed by atoms with Gasteiger partial charge in [0.1, 0.15) is 5.82 Å². The van der Waals surface area contributed by atoms with Gasteiger partial charge in [0.2, 0.25) is 5.88 Å². The third-order valence-electron chi connectivity index (χ3n) is 3.55. The molecule has 0 aliphatic carbocycles. The van der Waals surface area contributed by atoms with E-state index >= 15 is 0 Å². The summed E-state index contributed by atoms with van der Waals surface area (Å²) in [5, 5.41) is 4.29. The standard InChI is InChI=1S/C19H25FN2O2/c1-13(12-19(3,4)5)9-18(23)24-17-10-14(2)21-22(17)16-8-6-7-15(20)11-16/h6-8,10-11,13H,9,12H2,1-5H3. The number of benzene rings is 1. The lowest BCUT2D eigenvalue weighted by Crippen LogP contribution is -2.18. The van der Waals surface area contributed by atoms with Crippen molar-refractivity contribution < 1.29 is 13.9 Å². The fourth-order valence-electron chi connectivity index (χ4n) is 2.90. The predicted molar refractivity (Wildman–Crippen MR) is 91.7 cm³/mol. The highest BCUT2D eigenvalue weighted by Gasteiger charge is 2.20. The fraction of sp³-hybridized carbons (Fsp3) is 0.474. The first-order chi connectivity index (χ1) is 11.1. The number of aromatic nitrogens is 2. The van der Waals surface area contributed by atoms with Crippen LogP contribution < -0.4 is 4.74 Å². The summed E-state index contributed by atoms with van der Waals surface area (Å²) < 4.78 is 20.4. The van der Waals surface area contributed by atoms with Gasteiger partial charge in [-0.3, -0.25) is 4.79 Å². The monoisotopic (exact) mass is 332 g/mol. The van der Waals surface area contributed by atoms with Gasteiger partial charge >= 0.3 is 5.97 Å². The van der Waals surface area contributed by atoms with Crippen LogP contribution in [-0.4, -0.2) is 15.7 Å². The van der Waals surface area contributed by atoms with E-state index in [0.29, 0.717) is 23.7 Å². The minimum atomic E-state index is -0.364. The van der Waals surface area contributed by atoms with Gasteiger partial charge in [-0.25, -0.2) is 9.07 Å². The first-order valence-electron chi connectivity index (χ1n) is 8.17. The molecule has 24 heavy (non-hydrogen) atoms. The van der Waals surface area contributed by atoms with Crippen molar-refractivity contribution in [2.45, 2.75) is 47.5 Å². The Morgan fingerprint density at radius 2 is 2.04 bits per heavy atom. The Labute approximate surface area is 142 Å². The van der Waals surface area contributed by atoms with Crippen molar-refractivity contribution in [2.24, 2.45) is 11.3 Å². The highest BCUT2D eigenvalue weighted by Crippen LogP contribution is 2.27. The van der Waals surface area contributed by atoms with E-state index in [4.69, 9.17) is 4.74 Å². The molecule has 130 valence electrons. The molecule has 2 aromatic rings. The first kappa shape index (κ1) is 18.2. The van der Waals surface area contributed by atoms with Gasteiger partial charge in [-0.1, -0.05) is 33.8 Å². The van der Waals surface area contributed by atoms with Crippen LogP contribution in [-0.2, 0) is 4.79 Å². The molecule has 5 heteroatoms. The molecule has 0 N–H and O–H groups in total. The Kier molecular flexibility index (Phi) is 5.42. The molecule has 0 saturated carbocycles. The number of hydrogen-bond acceptors (Lipinski definition) is 3. The lowest BCUT2D eigenvalue weighted by atomic mass is 9.84. The normalized spacial score (nSPS) is 12.9. The summed E-state index contributed by atoms with van der Waals surface area (Å²) in [6.45, 7) is 10.3. The molecule has 0 bridgehead atoms. The van der Waals surface area contributed by atoms with E-state index < -0.39 is 0 Å². The molecule has 0 spiro atoms. The van der Waals surface area contributed by atoms with Gasteiger partial charge in [-0.2, -0.15) is 5.10 Å². The SMILES string of the molecule is Cc1cc(OC(=O)CC(C)CC(C)(C)C)n(-c2cccc(F)c2)n1. The zero-order valence-corrected chi connectivity index (χ0v) is 15.0. The zero-order chi connectivity index (χ0) is 17.9. The van der Waals surface area contributed by atoms with Crippen molar-refractivity contribution in [3.8, 4) is 11.6 Å². The molecule has 2 rings (SSSR count). The molecule has 0 radical (unpaired) electrons. The van der Waals surface area contributed by atoms with Gasteiger partial charge in [0.15, 0.2) is 0 Å². The van der Waals surface area contributed by atoms with Crippen LogP contribution in [0, 0.1) is 24.1 Å².